The number of aliphatic hydroxyl groups is 1. The van der Waals surface area contributed by atoms with E-state index in [9.17, 15) is 13.5 Å². The Morgan fingerprint density at radius 1 is 1.17 bits per heavy atom. The van der Waals surface area contributed by atoms with E-state index in [4.69, 9.17) is 9.47 Å². The van der Waals surface area contributed by atoms with Gasteiger partial charge in [0.2, 0.25) is 0 Å². The highest BCUT2D eigenvalue weighted by Gasteiger charge is 2.35. The molecule has 1 aromatic rings. The third-order valence-corrected chi connectivity index (χ3v) is 5.47. The first-order chi connectivity index (χ1) is 10.9. The first-order valence-corrected chi connectivity index (χ1v) is 9.77. The summed E-state index contributed by atoms with van der Waals surface area (Å²) in [6.07, 6.45) is -0.102. The van der Waals surface area contributed by atoms with Crippen molar-refractivity contribution in [1.29, 1.82) is 0 Å². The Labute approximate surface area is 149 Å². The smallest absolute Gasteiger partial charge is 0.161 e. The number of hydrogen-bond donors (Lipinski definition) is 2. The Morgan fingerprint density at radius 2 is 1.83 bits per heavy atom. The molecule has 1 aromatic carbocycles. The Morgan fingerprint density at radius 3 is 2.42 bits per heavy atom. The van der Waals surface area contributed by atoms with Crippen molar-refractivity contribution in [2.45, 2.75) is 32.4 Å². The van der Waals surface area contributed by atoms with E-state index in [1.54, 1.807) is 0 Å². The number of aliphatic hydroxyl groups excluding tert-OH is 1. The predicted octanol–water partition coefficient (Wildman–Crippen LogP) is 1.20. The Balaban J connectivity index is 0.00000288. The average Bonchev–Trinajstić information content (AvgIpc) is 2.74. The van der Waals surface area contributed by atoms with Crippen LogP contribution in [-0.4, -0.2) is 56.9 Å². The van der Waals surface area contributed by atoms with Crippen molar-refractivity contribution in [2.24, 2.45) is 0 Å². The van der Waals surface area contributed by atoms with Crippen LogP contribution in [0.25, 0.3) is 0 Å². The topological polar surface area (TPSA) is 84.9 Å². The Hall–Kier alpha value is -1.02. The lowest BCUT2D eigenvalue weighted by atomic mass is 10.1. The first-order valence-electron chi connectivity index (χ1n) is 7.95. The van der Waals surface area contributed by atoms with Gasteiger partial charge in [0.1, 0.15) is 0 Å². The molecular formula is C16H26ClNO5S. The van der Waals surface area contributed by atoms with Gasteiger partial charge >= 0.3 is 0 Å². The van der Waals surface area contributed by atoms with E-state index in [1.165, 1.54) is 0 Å². The van der Waals surface area contributed by atoms with Crippen LogP contribution in [0.2, 0.25) is 0 Å². The van der Waals surface area contributed by atoms with Crippen molar-refractivity contribution < 1.29 is 23.0 Å². The number of halogens is 1. The Bertz CT molecular complexity index is 623. The molecule has 0 amide bonds. The van der Waals surface area contributed by atoms with Crippen molar-refractivity contribution >= 4 is 22.2 Å². The molecule has 0 aromatic heterocycles. The quantitative estimate of drug-likeness (QED) is 0.706. The summed E-state index contributed by atoms with van der Waals surface area (Å²) in [6.45, 7) is 5.58. The van der Waals surface area contributed by atoms with Gasteiger partial charge in [0, 0.05) is 6.04 Å². The summed E-state index contributed by atoms with van der Waals surface area (Å²) < 4.78 is 34.1. The largest absolute Gasteiger partial charge is 0.490 e. The van der Waals surface area contributed by atoms with E-state index in [0.29, 0.717) is 19.8 Å². The fourth-order valence-electron chi connectivity index (χ4n) is 2.68. The van der Waals surface area contributed by atoms with Crippen LogP contribution in [0.1, 0.15) is 19.4 Å². The van der Waals surface area contributed by atoms with Gasteiger partial charge < -0.3 is 19.9 Å². The number of ether oxygens (including phenoxy) is 2. The monoisotopic (exact) mass is 379 g/mol. The SMILES string of the molecule is CCOc1ccc(CCNC2CS(=O)(=O)CC2O)cc1OCC.Cl. The van der Waals surface area contributed by atoms with Crippen LogP contribution in [0, 0.1) is 0 Å². The number of sulfone groups is 1. The molecule has 1 aliphatic heterocycles. The summed E-state index contributed by atoms with van der Waals surface area (Å²) in [7, 11) is -3.11. The molecule has 1 saturated heterocycles. The second-order valence-corrected chi connectivity index (χ2v) is 7.76. The van der Waals surface area contributed by atoms with Crippen LogP contribution < -0.4 is 14.8 Å². The van der Waals surface area contributed by atoms with Gasteiger partial charge in [-0.3, -0.25) is 0 Å². The van der Waals surface area contributed by atoms with Crippen LogP contribution in [0.3, 0.4) is 0 Å². The maximum absolute atomic E-state index is 11.5. The maximum atomic E-state index is 11.5. The van der Waals surface area contributed by atoms with Gasteiger partial charge in [-0.15, -0.1) is 12.4 Å². The standard InChI is InChI=1S/C16H25NO5S.ClH/c1-3-21-15-6-5-12(9-16(15)22-4-2)7-8-17-13-10-23(19,20)11-14(13)18;/h5-6,9,13-14,17-18H,3-4,7-8,10-11H2,1-2H3;1H. The van der Waals surface area contributed by atoms with Gasteiger partial charge in [0.25, 0.3) is 0 Å². The lowest BCUT2D eigenvalue weighted by Gasteiger charge is -2.16. The minimum atomic E-state index is -3.11. The second-order valence-electron chi connectivity index (χ2n) is 5.60. The highest BCUT2D eigenvalue weighted by molar-refractivity contribution is 7.91. The molecule has 2 rings (SSSR count). The summed E-state index contributed by atoms with van der Waals surface area (Å²) in [5, 5.41) is 12.9. The summed E-state index contributed by atoms with van der Waals surface area (Å²) in [6, 6.07) is 5.42. The van der Waals surface area contributed by atoms with Crippen molar-refractivity contribution in [2.75, 3.05) is 31.3 Å². The summed E-state index contributed by atoms with van der Waals surface area (Å²) in [5.74, 6) is 1.29. The molecule has 24 heavy (non-hydrogen) atoms. The number of hydrogen-bond acceptors (Lipinski definition) is 6. The molecule has 138 valence electrons. The van der Waals surface area contributed by atoms with Gasteiger partial charge in [-0.05, 0) is 44.5 Å². The van der Waals surface area contributed by atoms with Crippen LogP contribution in [0.4, 0.5) is 0 Å². The molecule has 0 saturated carbocycles. The van der Waals surface area contributed by atoms with Gasteiger partial charge in [-0.1, -0.05) is 6.07 Å². The zero-order valence-electron chi connectivity index (χ0n) is 14.0. The van der Waals surface area contributed by atoms with E-state index in [-0.39, 0.29) is 30.0 Å². The molecule has 1 fully saturated rings. The predicted molar refractivity (Wildman–Crippen MR) is 96.2 cm³/mol. The minimum Gasteiger partial charge on any atom is -0.490 e. The highest BCUT2D eigenvalue weighted by Crippen LogP contribution is 2.28. The fraction of sp³-hybridized carbons (Fsp3) is 0.625. The summed E-state index contributed by atoms with van der Waals surface area (Å²) in [4.78, 5) is 0. The van der Waals surface area contributed by atoms with Crippen LogP contribution >= 0.6 is 12.4 Å². The van der Waals surface area contributed by atoms with Crippen molar-refractivity contribution in [3.63, 3.8) is 0 Å². The molecule has 1 aliphatic rings. The molecule has 2 atom stereocenters. The number of benzene rings is 1. The van der Waals surface area contributed by atoms with E-state index >= 15 is 0 Å². The van der Waals surface area contributed by atoms with E-state index in [0.717, 1.165) is 23.5 Å². The number of rotatable bonds is 8. The van der Waals surface area contributed by atoms with Crippen LogP contribution in [0.15, 0.2) is 18.2 Å². The fourth-order valence-corrected chi connectivity index (χ4v) is 4.45. The van der Waals surface area contributed by atoms with Crippen LogP contribution in [0.5, 0.6) is 11.5 Å². The van der Waals surface area contributed by atoms with Crippen LogP contribution in [-0.2, 0) is 16.3 Å². The van der Waals surface area contributed by atoms with Gasteiger partial charge in [0.15, 0.2) is 21.3 Å². The van der Waals surface area contributed by atoms with E-state index in [1.807, 2.05) is 32.0 Å². The lowest BCUT2D eigenvalue weighted by Crippen LogP contribution is -2.39. The maximum Gasteiger partial charge on any atom is 0.161 e. The zero-order chi connectivity index (χ0) is 16.9. The van der Waals surface area contributed by atoms with Gasteiger partial charge in [-0.25, -0.2) is 8.42 Å². The minimum absolute atomic E-state index is 0. The average molecular weight is 380 g/mol. The van der Waals surface area contributed by atoms with Crippen molar-refractivity contribution in [3.05, 3.63) is 23.8 Å². The molecule has 0 bridgehead atoms. The zero-order valence-corrected chi connectivity index (χ0v) is 15.7. The van der Waals surface area contributed by atoms with Crippen molar-refractivity contribution in [3.8, 4) is 11.5 Å². The van der Waals surface area contributed by atoms with E-state index < -0.39 is 15.9 Å². The lowest BCUT2D eigenvalue weighted by molar-refractivity contribution is 0.166. The molecular weight excluding hydrogens is 354 g/mol. The molecule has 6 nitrogen and oxygen atoms in total. The molecule has 0 aliphatic carbocycles. The summed E-state index contributed by atoms with van der Waals surface area (Å²) in [5.41, 5.74) is 1.07. The first kappa shape index (κ1) is 21.0. The second kappa shape index (κ2) is 9.46. The molecule has 1 heterocycles. The molecule has 0 spiro atoms. The summed E-state index contributed by atoms with van der Waals surface area (Å²) >= 11 is 0. The third kappa shape index (κ3) is 5.81. The molecule has 2 N–H and O–H groups in total. The molecule has 0 radical (unpaired) electrons. The number of nitrogens with one attached hydrogen (secondary N) is 1. The normalized spacial score (nSPS) is 22.0. The highest BCUT2D eigenvalue weighted by atomic mass is 35.5. The van der Waals surface area contributed by atoms with Gasteiger partial charge in [-0.2, -0.15) is 0 Å². The van der Waals surface area contributed by atoms with Gasteiger partial charge in [0.05, 0.1) is 30.8 Å². The third-order valence-electron chi connectivity index (χ3n) is 3.75. The van der Waals surface area contributed by atoms with Crippen molar-refractivity contribution in [1.82, 2.24) is 5.32 Å². The molecule has 8 heteroatoms. The van der Waals surface area contributed by atoms with E-state index in [2.05, 4.69) is 5.32 Å². The molecule has 2 unspecified atom stereocenters. The Kier molecular flexibility index (Phi) is 8.29.